The molecule has 0 aliphatic carbocycles. The van der Waals surface area contributed by atoms with Crippen LogP contribution in [-0.4, -0.2) is 10.1 Å². The summed E-state index contributed by atoms with van der Waals surface area (Å²) in [5.74, 6) is 0.338. The lowest BCUT2D eigenvalue weighted by Gasteiger charge is -2.08. The lowest BCUT2D eigenvalue weighted by molar-refractivity contribution is 0.472. The van der Waals surface area contributed by atoms with Crippen LogP contribution in [-0.2, 0) is 6.42 Å². The van der Waals surface area contributed by atoms with E-state index in [-0.39, 0.29) is 0 Å². The van der Waals surface area contributed by atoms with Crippen LogP contribution in [0.5, 0.6) is 5.75 Å². The molecule has 3 aromatic rings. The van der Waals surface area contributed by atoms with E-state index in [1.54, 1.807) is 6.20 Å². The van der Waals surface area contributed by atoms with Crippen molar-refractivity contribution < 1.29 is 5.11 Å². The Morgan fingerprint density at radius 1 is 1.00 bits per heavy atom. The average molecular weight is 263 g/mol. The third-order valence-corrected chi connectivity index (χ3v) is 3.66. The van der Waals surface area contributed by atoms with Gasteiger partial charge in [-0.2, -0.15) is 0 Å². The van der Waals surface area contributed by atoms with Gasteiger partial charge in [-0.05, 0) is 48.6 Å². The van der Waals surface area contributed by atoms with Crippen LogP contribution in [0.15, 0.2) is 48.7 Å². The highest BCUT2D eigenvalue weighted by Gasteiger charge is 2.06. The van der Waals surface area contributed by atoms with Gasteiger partial charge in [-0.3, -0.25) is 4.98 Å². The Labute approximate surface area is 118 Å². The molecule has 0 unspecified atom stereocenters. The molecule has 2 aromatic carbocycles. The van der Waals surface area contributed by atoms with Crippen LogP contribution in [0.1, 0.15) is 22.4 Å². The van der Waals surface area contributed by atoms with Gasteiger partial charge in [0.15, 0.2) is 0 Å². The van der Waals surface area contributed by atoms with Gasteiger partial charge >= 0.3 is 0 Å². The van der Waals surface area contributed by atoms with E-state index in [2.05, 4.69) is 36.2 Å². The first-order valence-corrected chi connectivity index (χ1v) is 6.76. The quantitative estimate of drug-likeness (QED) is 0.753. The van der Waals surface area contributed by atoms with Gasteiger partial charge in [-0.1, -0.05) is 29.8 Å². The Hall–Kier alpha value is -2.35. The van der Waals surface area contributed by atoms with Gasteiger partial charge in [-0.15, -0.1) is 0 Å². The van der Waals surface area contributed by atoms with Crippen molar-refractivity contribution in [3.63, 3.8) is 0 Å². The zero-order valence-electron chi connectivity index (χ0n) is 11.7. The summed E-state index contributed by atoms with van der Waals surface area (Å²) in [6.45, 7) is 4.00. The zero-order chi connectivity index (χ0) is 14.1. The molecule has 0 atom stereocenters. The van der Waals surface area contributed by atoms with Gasteiger partial charge in [0.1, 0.15) is 5.75 Å². The fraction of sp³-hybridized carbons (Fsp3) is 0.167. The van der Waals surface area contributed by atoms with Crippen molar-refractivity contribution >= 4 is 10.8 Å². The standard InChI is InChI=1S/C18H17NO/c1-12-3-5-14(6-4-12)10-17-16-9-13(2)18(20)11-15(16)7-8-19-17/h3-9,11,20H,10H2,1-2H3. The molecule has 2 heteroatoms. The first kappa shape index (κ1) is 12.7. The van der Waals surface area contributed by atoms with Gasteiger partial charge in [-0.25, -0.2) is 0 Å². The number of aryl methyl sites for hydroxylation is 2. The number of hydrogen-bond acceptors (Lipinski definition) is 2. The lowest BCUT2D eigenvalue weighted by atomic mass is 10.0. The predicted octanol–water partition coefficient (Wildman–Crippen LogP) is 4.15. The predicted molar refractivity (Wildman–Crippen MR) is 82.1 cm³/mol. The first-order chi connectivity index (χ1) is 9.63. The third-order valence-electron chi connectivity index (χ3n) is 3.66. The van der Waals surface area contributed by atoms with E-state index in [0.29, 0.717) is 5.75 Å². The number of hydrogen-bond donors (Lipinski definition) is 1. The van der Waals surface area contributed by atoms with Crippen LogP contribution in [0.25, 0.3) is 10.8 Å². The van der Waals surface area contributed by atoms with Crippen LogP contribution in [0.4, 0.5) is 0 Å². The second kappa shape index (κ2) is 4.97. The fourth-order valence-electron chi connectivity index (χ4n) is 2.42. The molecule has 0 bridgehead atoms. The van der Waals surface area contributed by atoms with Crippen molar-refractivity contribution in [2.24, 2.45) is 0 Å². The summed E-state index contributed by atoms with van der Waals surface area (Å²) in [7, 11) is 0. The molecule has 0 radical (unpaired) electrons. The maximum absolute atomic E-state index is 9.81. The second-order valence-electron chi connectivity index (χ2n) is 5.28. The number of pyridine rings is 1. The van der Waals surface area contributed by atoms with Crippen LogP contribution < -0.4 is 0 Å². The summed E-state index contributed by atoms with van der Waals surface area (Å²) in [6, 6.07) is 14.3. The first-order valence-electron chi connectivity index (χ1n) is 6.76. The molecular formula is C18H17NO. The number of nitrogens with zero attached hydrogens (tertiary/aromatic N) is 1. The van der Waals surface area contributed by atoms with Crippen molar-refractivity contribution in [2.45, 2.75) is 20.3 Å². The molecule has 1 aromatic heterocycles. The van der Waals surface area contributed by atoms with Crippen molar-refractivity contribution in [1.82, 2.24) is 4.98 Å². The number of rotatable bonds is 2. The minimum Gasteiger partial charge on any atom is -0.508 e. The Morgan fingerprint density at radius 2 is 1.75 bits per heavy atom. The van der Waals surface area contributed by atoms with Crippen LogP contribution in [0, 0.1) is 13.8 Å². The normalized spacial score (nSPS) is 10.9. The lowest BCUT2D eigenvalue weighted by Crippen LogP contribution is -1.94. The molecule has 3 rings (SSSR count). The molecule has 0 saturated carbocycles. The molecule has 0 spiro atoms. The van der Waals surface area contributed by atoms with Gasteiger partial charge in [0.2, 0.25) is 0 Å². The number of aromatic nitrogens is 1. The number of benzene rings is 2. The Balaban J connectivity index is 2.07. The van der Waals surface area contributed by atoms with Crippen molar-refractivity contribution in [3.8, 4) is 5.75 Å². The minimum absolute atomic E-state index is 0.338. The second-order valence-corrected chi connectivity index (χ2v) is 5.28. The highest BCUT2D eigenvalue weighted by Crippen LogP contribution is 2.26. The number of fused-ring (bicyclic) bond motifs is 1. The van der Waals surface area contributed by atoms with E-state index in [9.17, 15) is 5.11 Å². The van der Waals surface area contributed by atoms with Crippen LogP contribution in [0.2, 0.25) is 0 Å². The van der Waals surface area contributed by atoms with E-state index in [1.165, 1.54) is 11.1 Å². The molecule has 20 heavy (non-hydrogen) atoms. The number of phenolic OH excluding ortho intramolecular Hbond substituents is 1. The Morgan fingerprint density at radius 3 is 2.50 bits per heavy atom. The minimum atomic E-state index is 0.338. The van der Waals surface area contributed by atoms with Gasteiger partial charge < -0.3 is 5.11 Å². The summed E-state index contributed by atoms with van der Waals surface area (Å²) in [5, 5.41) is 12.0. The molecule has 0 aliphatic heterocycles. The Kier molecular flexibility index (Phi) is 3.15. The van der Waals surface area contributed by atoms with E-state index in [4.69, 9.17) is 0 Å². The zero-order valence-corrected chi connectivity index (χ0v) is 11.7. The highest BCUT2D eigenvalue weighted by molar-refractivity contribution is 5.86. The topological polar surface area (TPSA) is 33.1 Å². The van der Waals surface area contributed by atoms with Crippen molar-refractivity contribution in [3.05, 3.63) is 71.0 Å². The van der Waals surface area contributed by atoms with Gasteiger partial charge in [0.05, 0.1) is 5.69 Å². The van der Waals surface area contributed by atoms with E-state index < -0.39 is 0 Å². The molecule has 0 amide bonds. The molecule has 1 heterocycles. The van der Waals surface area contributed by atoms with Crippen LogP contribution >= 0.6 is 0 Å². The Bertz CT molecular complexity index is 760. The number of phenols is 1. The van der Waals surface area contributed by atoms with E-state index in [1.807, 2.05) is 25.1 Å². The smallest absolute Gasteiger partial charge is 0.119 e. The molecule has 2 nitrogen and oxygen atoms in total. The summed E-state index contributed by atoms with van der Waals surface area (Å²) >= 11 is 0. The largest absolute Gasteiger partial charge is 0.508 e. The maximum Gasteiger partial charge on any atom is 0.119 e. The SMILES string of the molecule is Cc1ccc(Cc2nccc3cc(O)c(C)cc23)cc1. The third kappa shape index (κ3) is 2.37. The van der Waals surface area contributed by atoms with E-state index in [0.717, 1.165) is 28.5 Å². The summed E-state index contributed by atoms with van der Waals surface area (Å²) in [6.07, 6.45) is 2.61. The van der Waals surface area contributed by atoms with Gasteiger partial charge in [0, 0.05) is 18.0 Å². The van der Waals surface area contributed by atoms with Gasteiger partial charge in [0.25, 0.3) is 0 Å². The van der Waals surface area contributed by atoms with Crippen LogP contribution in [0.3, 0.4) is 0 Å². The van der Waals surface area contributed by atoms with Crippen molar-refractivity contribution in [1.29, 1.82) is 0 Å². The number of aromatic hydroxyl groups is 1. The molecule has 100 valence electrons. The maximum atomic E-state index is 9.81. The highest BCUT2D eigenvalue weighted by atomic mass is 16.3. The molecule has 0 saturated heterocycles. The summed E-state index contributed by atoms with van der Waals surface area (Å²) < 4.78 is 0. The monoisotopic (exact) mass is 263 g/mol. The molecule has 0 fully saturated rings. The summed E-state index contributed by atoms with van der Waals surface area (Å²) in [5.41, 5.74) is 4.45. The average Bonchev–Trinajstić information content (AvgIpc) is 2.43. The molecular weight excluding hydrogens is 246 g/mol. The molecule has 0 aliphatic rings. The molecule has 1 N–H and O–H groups in total. The van der Waals surface area contributed by atoms with E-state index >= 15 is 0 Å². The fourth-order valence-corrected chi connectivity index (χ4v) is 2.42. The van der Waals surface area contributed by atoms with Crippen molar-refractivity contribution in [2.75, 3.05) is 0 Å². The summed E-state index contributed by atoms with van der Waals surface area (Å²) in [4.78, 5) is 4.51.